The zero-order chi connectivity index (χ0) is 25.2. The van der Waals surface area contributed by atoms with E-state index < -0.39 is 27.1 Å². The molecule has 1 saturated heterocycles. The average Bonchev–Trinajstić information content (AvgIpc) is 2.85. The number of sulfonamides is 1. The van der Waals surface area contributed by atoms with Gasteiger partial charge in [-0.25, -0.2) is 17.1 Å². The minimum atomic E-state index is -3.91. The van der Waals surface area contributed by atoms with Gasteiger partial charge in [0.2, 0.25) is 15.9 Å². The van der Waals surface area contributed by atoms with Crippen LogP contribution in [0.1, 0.15) is 32.3 Å². The smallest absolute Gasteiger partial charge is 0.244 e. The maximum absolute atomic E-state index is 13.9. The summed E-state index contributed by atoms with van der Waals surface area (Å²) in [5.41, 5.74) is 2.57. The van der Waals surface area contributed by atoms with E-state index >= 15 is 0 Å². The SMILES string of the molecule is CC(C)S(=O)(=O)N(C(=O)C1CCN(c2ccnc3ccc(F)cc23)CC1)c1ccc(CC#N)cc1. The number of nitriles is 1. The normalized spacial score (nSPS) is 14.8. The Kier molecular flexibility index (Phi) is 7.03. The molecule has 1 amide bonds. The van der Waals surface area contributed by atoms with Gasteiger partial charge in [0.05, 0.1) is 28.9 Å². The first-order valence-corrected chi connectivity index (χ1v) is 13.1. The van der Waals surface area contributed by atoms with Crippen molar-refractivity contribution in [3.63, 3.8) is 0 Å². The van der Waals surface area contributed by atoms with Gasteiger partial charge in [-0.1, -0.05) is 12.1 Å². The van der Waals surface area contributed by atoms with Gasteiger partial charge in [-0.05, 0) is 68.7 Å². The number of piperidine rings is 1. The first kappa shape index (κ1) is 24.6. The number of nitrogens with zero attached hydrogens (tertiary/aromatic N) is 4. The lowest BCUT2D eigenvalue weighted by Crippen LogP contribution is -2.47. The third-order valence-corrected chi connectivity index (χ3v) is 8.46. The molecule has 7 nitrogen and oxygen atoms in total. The highest BCUT2D eigenvalue weighted by Gasteiger charge is 2.37. The van der Waals surface area contributed by atoms with E-state index in [1.54, 1.807) is 50.4 Å². The van der Waals surface area contributed by atoms with Gasteiger partial charge in [-0.15, -0.1) is 0 Å². The number of anilines is 2. The van der Waals surface area contributed by atoms with Crippen molar-refractivity contribution in [3.05, 3.63) is 66.1 Å². The van der Waals surface area contributed by atoms with Crippen molar-refractivity contribution >= 4 is 38.2 Å². The Morgan fingerprint density at radius 1 is 1.17 bits per heavy atom. The molecule has 0 atom stereocenters. The fourth-order valence-corrected chi connectivity index (χ4v) is 5.60. The molecule has 0 saturated carbocycles. The van der Waals surface area contributed by atoms with E-state index in [1.807, 2.05) is 6.07 Å². The van der Waals surface area contributed by atoms with Crippen LogP contribution in [0.2, 0.25) is 0 Å². The van der Waals surface area contributed by atoms with Gasteiger partial charge in [0.25, 0.3) is 0 Å². The van der Waals surface area contributed by atoms with Gasteiger partial charge < -0.3 is 4.90 Å². The fraction of sp³-hybridized carbons (Fsp3) is 0.346. The minimum absolute atomic E-state index is 0.206. The van der Waals surface area contributed by atoms with Gasteiger partial charge in [0, 0.05) is 36.3 Å². The molecule has 1 aliphatic rings. The van der Waals surface area contributed by atoms with Gasteiger partial charge >= 0.3 is 0 Å². The lowest BCUT2D eigenvalue weighted by molar-refractivity contribution is -0.121. The summed E-state index contributed by atoms with van der Waals surface area (Å²) in [6.45, 7) is 4.16. The third-order valence-electron chi connectivity index (χ3n) is 6.37. The summed E-state index contributed by atoms with van der Waals surface area (Å²) in [6, 6.07) is 14.9. The first-order valence-electron chi connectivity index (χ1n) is 11.6. The fourth-order valence-electron chi connectivity index (χ4n) is 4.36. The third kappa shape index (κ3) is 4.98. The molecule has 1 aliphatic heterocycles. The molecule has 4 rings (SSSR count). The minimum Gasteiger partial charge on any atom is -0.371 e. The number of hydrogen-bond donors (Lipinski definition) is 0. The van der Waals surface area contributed by atoms with Crippen LogP contribution in [0.15, 0.2) is 54.7 Å². The Morgan fingerprint density at radius 2 is 1.86 bits per heavy atom. The average molecular weight is 495 g/mol. The van der Waals surface area contributed by atoms with Crippen molar-refractivity contribution in [2.45, 2.75) is 38.4 Å². The number of carbonyl (C=O) groups is 1. The van der Waals surface area contributed by atoms with Gasteiger partial charge in [0.1, 0.15) is 5.82 Å². The van der Waals surface area contributed by atoms with E-state index in [2.05, 4.69) is 16.0 Å². The molecule has 0 N–H and O–H groups in total. The summed E-state index contributed by atoms with van der Waals surface area (Å²) >= 11 is 0. The summed E-state index contributed by atoms with van der Waals surface area (Å²) < 4.78 is 41.2. The van der Waals surface area contributed by atoms with E-state index in [-0.39, 0.29) is 17.9 Å². The molecule has 9 heteroatoms. The van der Waals surface area contributed by atoms with Crippen LogP contribution in [0.5, 0.6) is 0 Å². The first-order chi connectivity index (χ1) is 16.7. The number of fused-ring (bicyclic) bond motifs is 1. The summed E-state index contributed by atoms with van der Waals surface area (Å²) in [4.78, 5) is 20.0. The van der Waals surface area contributed by atoms with Crippen LogP contribution in [-0.4, -0.2) is 37.6 Å². The number of halogens is 1. The number of pyridine rings is 1. The maximum Gasteiger partial charge on any atom is 0.244 e. The largest absolute Gasteiger partial charge is 0.371 e. The maximum atomic E-state index is 13.9. The van der Waals surface area contributed by atoms with E-state index in [0.717, 1.165) is 15.6 Å². The molecule has 182 valence electrons. The number of benzene rings is 2. The van der Waals surface area contributed by atoms with Crippen LogP contribution in [0.4, 0.5) is 15.8 Å². The van der Waals surface area contributed by atoms with Crippen LogP contribution >= 0.6 is 0 Å². The zero-order valence-corrected chi connectivity index (χ0v) is 20.5. The van der Waals surface area contributed by atoms with Gasteiger partial charge in [0.15, 0.2) is 0 Å². The Morgan fingerprint density at radius 3 is 2.49 bits per heavy atom. The molecule has 1 fully saturated rings. The highest BCUT2D eigenvalue weighted by Crippen LogP contribution is 2.32. The van der Waals surface area contributed by atoms with Crippen molar-refractivity contribution in [1.82, 2.24) is 4.98 Å². The van der Waals surface area contributed by atoms with Crippen molar-refractivity contribution in [1.29, 1.82) is 5.26 Å². The van der Waals surface area contributed by atoms with Crippen LogP contribution in [0.3, 0.4) is 0 Å². The molecule has 1 aromatic heterocycles. The van der Waals surface area contributed by atoms with E-state index in [0.29, 0.717) is 36.8 Å². The van der Waals surface area contributed by atoms with E-state index in [9.17, 15) is 17.6 Å². The number of amides is 1. The van der Waals surface area contributed by atoms with Crippen LogP contribution in [0, 0.1) is 23.1 Å². The van der Waals surface area contributed by atoms with Crippen molar-refractivity contribution in [3.8, 4) is 6.07 Å². The molecule has 2 aromatic carbocycles. The van der Waals surface area contributed by atoms with Gasteiger partial charge in [-0.2, -0.15) is 5.26 Å². The van der Waals surface area contributed by atoms with Crippen molar-refractivity contribution < 1.29 is 17.6 Å². The molecule has 0 radical (unpaired) electrons. The lowest BCUT2D eigenvalue weighted by Gasteiger charge is -2.36. The van der Waals surface area contributed by atoms with E-state index in [4.69, 9.17) is 5.26 Å². The molecule has 35 heavy (non-hydrogen) atoms. The molecule has 2 heterocycles. The highest BCUT2D eigenvalue weighted by atomic mass is 32.2. The lowest BCUT2D eigenvalue weighted by atomic mass is 9.95. The second kappa shape index (κ2) is 10.0. The summed E-state index contributed by atoms with van der Waals surface area (Å²) in [6.07, 6.45) is 2.82. The van der Waals surface area contributed by atoms with Crippen molar-refractivity contribution in [2.75, 3.05) is 22.3 Å². The molecule has 0 bridgehead atoms. The molecule has 0 aliphatic carbocycles. The predicted octanol–water partition coefficient (Wildman–Crippen LogP) is 4.43. The Balaban J connectivity index is 1.57. The molecule has 0 unspecified atom stereocenters. The monoisotopic (exact) mass is 494 g/mol. The predicted molar refractivity (Wildman–Crippen MR) is 134 cm³/mol. The van der Waals surface area contributed by atoms with Crippen molar-refractivity contribution in [2.24, 2.45) is 5.92 Å². The van der Waals surface area contributed by atoms with E-state index in [1.165, 1.54) is 12.1 Å². The standard InChI is InChI=1S/C26H27FN4O3S/c1-18(2)35(33,34)31(22-6-3-19(4-7-22)9-13-28)26(32)20-11-15-30(16-12-20)25-10-14-29-24-8-5-21(27)17-23(24)25/h3-8,10,14,17-18,20H,9,11-12,15-16H2,1-2H3. The number of carbonyl (C=O) groups excluding carboxylic acids is 1. The Hall–Kier alpha value is -3.51. The zero-order valence-electron chi connectivity index (χ0n) is 19.7. The second-order valence-electron chi connectivity index (χ2n) is 8.95. The number of rotatable bonds is 6. The summed E-state index contributed by atoms with van der Waals surface area (Å²) in [7, 11) is -3.91. The second-order valence-corrected chi connectivity index (χ2v) is 11.3. The molecule has 3 aromatic rings. The number of aromatic nitrogens is 1. The highest BCUT2D eigenvalue weighted by molar-refractivity contribution is 7.94. The van der Waals surface area contributed by atoms with Gasteiger partial charge in [-0.3, -0.25) is 9.78 Å². The quantitative estimate of drug-likeness (QED) is 0.503. The van der Waals surface area contributed by atoms with Crippen LogP contribution in [-0.2, 0) is 21.2 Å². The molecule has 0 spiro atoms. The summed E-state index contributed by atoms with van der Waals surface area (Å²) in [5, 5.41) is 8.83. The molecular weight excluding hydrogens is 467 g/mol. The van der Waals surface area contributed by atoms with Crippen LogP contribution < -0.4 is 9.21 Å². The topological polar surface area (TPSA) is 94.4 Å². The van der Waals surface area contributed by atoms with Crippen LogP contribution in [0.25, 0.3) is 10.9 Å². The number of hydrogen-bond acceptors (Lipinski definition) is 6. The Bertz CT molecular complexity index is 1380. The molecular formula is C26H27FN4O3S. The Labute approximate surface area is 204 Å². The summed E-state index contributed by atoms with van der Waals surface area (Å²) in [5.74, 6) is -1.26.